The summed E-state index contributed by atoms with van der Waals surface area (Å²) in [6.07, 6.45) is 2.52. The van der Waals surface area contributed by atoms with Crippen molar-refractivity contribution < 1.29 is 4.79 Å². The first-order valence-electron chi connectivity index (χ1n) is 5.30. The lowest BCUT2D eigenvalue weighted by Gasteiger charge is -2.09. The van der Waals surface area contributed by atoms with Crippen molar-refractivity contribution in [3.63, 3.8) is 0 Å². The summed E-state index contributed by atoms with van der Waals surface area (Å²) in [5.74, 6) is -0.0314. The average Bonchev–Trinajstić information content (AvgIpc) is 3.04. The molecule has 3 heteroatoms. The molecule has 3 nitrogen and oxygen atoms in total. The van der Waals surface area contributed by atoms with E-state index in [1.54, 1.807) is 7.05 Å². The van der Waals surface area contributed by atoms with Crippen LogP contribution in [0.4, 0.5) is 5.69 Å². The van der Waals surface area contributed by atoms with E-state index in [1.807, 2.05) is 25.1 Å². The second kappa shape index (κ2) is 3.93. The van der Waals surface area contributed by atoms with Gasteiger partial charge in [-0.05, 0) is 43.5 Å². The zero-order valence-corrected chi connectivity index (χ0v) is 9.13. The lowest BCUT2D eigenvalue weighted by molar-refractivity contribution is 0.0963. The molecule has 0 aliphatic heterocycles. The van der Waals surface area contributed by atoms with Crippen molar-refractivity contribution in [1.29, 1.82) is 0 Å². The molecule has 15 heavy (non-hydrogen) atoms. The van der Waals surface area contributed by atoms with E-state index in [1.165, 1.54) is 12.8 Å². The maximum Gasteiger partial charge on any atom is 0.251 e. The Kier molecular flexibility index (Phi) is 2.62. The molecule has 1 amide bonds. The number of nitrogens with one attached hydrogen (secondary N) is 2. The van der Waals surface area contributed by atoms with Gasteiger partial charge in [-0.1, -0.05) is 0 Å². The highest BCUT2D eigenvalue weighted by atomic mass is 16.1. The second-order valence-corrected chi connectivity index (χ2v) is 4.03. The van der Waals surface area contributed by atoms with Crippen LogP contribution in [0.5, 0.6) is 0 Å². The SMILES string of the molecule is CNC(=O)c1ccc(NC2CC2)c(C)c1. The van der Waals surface area contributed by atoms with E-state index >= 15 is 0 Å². The van der Waals surface area contributed by atoms with Gasteiger partial charge in [0.25, 0.3) is 5.91 Å². The molecule has 1 aliphatic rings. The van der Waals surface area contributed by atoms with Crippen LogP contribution in [-0.2, 0) is 0 Å². The smallest absolute Gasteiger partial charge is 0.251 e. The minimum atomic E-state index is -0.0314. The van der Waals surface area contributed by atoms with Crippen LogP contribution in [0.2, 0.25) is 0 Å². The van der Waals surface area contributed by atoms with Crippen LogP contribution in [0.25, 0.3) is 0 Å². The molecule has 1 saturated carbocycles. The first-order valence-corrected chi connectivity index (χ1v) is 5.30. The Hall–Kier alpha value is -1.51. The number of hydrogen-bond acceptors (Lipinski definition) is 2. The summed E-state index contributed by atoms with van der Waals surface area (Å²) in [6, 6.07) is 6.41. The number of carbonyl (C=O) groups is 1. The molecule has 1 fully saturated rings. The Balaban J connectivity index is 2.17. The molecule has 1 aromatic carbocycles. The van der Waals surface area contributed by atoms with Crippen molar-refractivity contribution in [1.82, 2.24) is 5.32 Å². The molecule has 1 aromatic rings. The van der Waals surface area contributed by atoms with Gasteiger partial charge in [0, 0.05) is 24.3 Å². The number of hydrogen-bond donors (Lipinski definition) is 2. The van der Waals surface area contributed by atoms with Crippen LogP contribution in [-0.4, -0.2) is 19.0 Å². The van der Waals surface area contributed by atoms with Gasteiger partial charge in [-0.15, -0.1) is 0 Å². The first-order chi connectivity index (χ1) is 7.20. The van der Waals surface area contributed by atoms with Gasteiger partial charge in [-0.25, -0.2) is 0 Å². The maximum atomic E-state index is 11.4. The third kappa shape index (κ3) is 2.29. The van der Waals surface area contributed by atoms with Gasteiger partial charge in [0.15, 0.2) is 0 Å². The molecule has 0 saturated heterocycles. The lowest BCUT2D eigenvalue weighted by Crippen LogP contribution is -2.18. The normalized spacial score (nSPS) is 14.8. The lowest BCUT2D eigenvalue weighted by atomic mass is 10.1. The summed E-state index contributed by atoms with van der Waals surface area (Å²) in [5.41, 5.74) is 2.99. The highest BCUT2D eigenvalue weighted by Gasteiger charge is 2.21. The van der Waals surface area contributed by atoms with E-state index in [-0.39, 0.29) is 5.91 Å². The van der Waals surface area contributed by atoms with Crippen LogP contribution >= 0.6 is 0 Å². The molecule has 2 rings (SSSR count). The summed E-state index contributed by atoms with van der Waals surface area (Å²) in [6.45, 7) is 2.02. The topological polar surface area (TPSA) is 41.1 Å². The number of carbonyl (C=O) groups excluding carboxylic acids is 1. The monoisotopic (exact) mass is 204 g/mol. The second-order valence-electron chi connectivity index (χ2n) is 4.03. The van der Waals surface area contributed by atoms with Gasteiger partial charge >= 0.3 is 0 Å². The zero-order chi connectivity index (χ0) is 10.8. The molecular formula is C12H16N2O. The highest BCUT2D eigenvalue weighted by Crippen LogP contribution is 2.26. The molecule has 0 spiro atoms. The van der Waals surface area contributed by atoms with Gasteiger partial charge in [0.05, 0.1) is 0 Å². The molecule has 80 valence electrons. The molecule has 0 heterocycles. The number of aryl methyl sites for hydroxylation is 1. The summed E-state index contributed by atoms with van der Waals surface area (Å²) >= 11 is 0. The van der Waals surface area contributed by atoms with Crippen LogP contribution < -0.4 is 10.6 Å². The average molecular weight is 204 g/mol. The Morgan fingerprint density at radius 1 is 1.40 bits per heavy atom. The van der Waals surface area contributed by atoms with Crippen molar-refractivity contribution in [2.75, 3.05) is 12.4 Å². The van der Waals surface area contributed by atoms with Gasteiger partial charge in [0.2, 0.25) is 0 Å². The fraction of sp³-hybridized carbons (Fsp3) is 0.417. The minimum Gasteiger partial charge on any atom is -0.382 e. The zero-order valence-electron chi connectivity index (χ0n) is 9.13. The van der Waals surface area contributed by atoms with Crippen molar-refractivity contribution in [2.24, 2.45) is 0 Å². The van der Waals surface area contributed by atoms with E-state index < -0.39 is 0 Å². The highest BCUT2D eigenvalue weighted by molar-refractivity contribution is 5.94. The largest absolute Gasteiger partial charge is 0.382 e. The van der Waals surface area contributed by atoms with Crippen molar-refractivity contribution in [2.45, 2.75) is 25.8 Å². The Bertz CT molecular complexity index is 383. The molecule has 0 aromatic heterocycles. The summed E-state index contributed by atoms with van der Waals surface area (Å²) in [7, 11) is 1.65. The van der Waals surface area contributed by atoms with Gasteiger partial charge in [-0.3, -0.25) is 4.79 Å². The van der Waals surface area contributed by atoms with Crippen LogP contribution in [0.1, 0.15) is 28.8 Å². The molecule has 0 bridgehead atoms. The fourth-order valence-corrected chi connectivity index (χ4v) is 1.56. The molecule has 0 unspecified atom stereocenters. The van der Waals surface area contributed by atoms with Crippen LogP contribution in [0.15, 0.2) is 18.2 Å². The molecular weight excluding hydrogens is 188 g/mol. The van der Waals surface area contributed by atoms with Gasteiger partial charge < -0.3 is 10.6 Å². The molecule has 2 N–H and O–H groups in total. The Morgan fingerprint density at radius 2 is 2.13 bits per heavy atom. The van der Waals surface area contributed by atoms with Crippen LogP contribution in [0.3, 0.4) is 0 Å². The Morgan fingerprint density at radius 3 is 2.67 bits per heavy atom. The number of amides is 1. The summed E-state index contributed by atoms with van der Waals surface area (Å²) in [5, 5.41) is 6.06. The minimum absolute atomic E-state index is 0.0314. The van der Waals surface area contributed by atoms with E-state index in [4.69, 9.17) is 0 Å². The molecule has 1 aliphatic carbocycles. The van der Waals surface area contributed by atoms with Crippen molar-refractivity contribution >= 4 is 11.6 Å². The standard InChI is InChI=1S/C12H16N2O/c1-8-7-9(12(15)13-2)3-6-11(8)14-10-4-5-10/h3,6-7,10,14H,4-5H2,1-2H3,(H,13,15). The third-order valence-corrected chi connectivity index (χ3v) is 2.65. The van der Waals surface area contributed by atoms with Crippen molar-refractivity contribution in [3.05, 3.63) is 29.3 Å². The Labute approximate surface area is 89.9 Å². The van der Waals surface area contributed by atoms with Crippen LogP contribution in [0, 0.1) is 6.92 Å². The number of benzene rings is 1. The quantitative estimate of drug-likeness (QED) is 0.790. The van der Waals surface area contributed by atoms with Crippen molar-refractivity contribution in [3.8, 4) is 0 Å². The van der Waals surface area contributed by atoms with Gasteiger partial charge in [0.1, 0.15) is 0 Å². The summed E-state index contributed by atoms with van der Waals surface area (Å²) in [4.78, 5) is 11.4. The molecule has 0 atom stereocenters. The maximum absolute atomic E-state index is 11.4. The van der Waals surface area contributed by atoms with E-state index in [0.717, 1.165) is 16.8 Å². The summed E-state index contributed by atoms with van der Waals surface area (Å²) < 4.78 is 0. The van der Waals surface area contributed by atoms with E-state index in [2.05, 4.69) is 10.6 Å². The third-order valence-electron chi connectivity index (χ3n) is 2.65. The predicted octanol–water partition coefficient (Wildman–Crippen LogP) is 1.93. The molecule has 0 radical (unpaired) electrons. The number of rotatable bonds is 3. The predicted molar refractivity (Wildman–Crippen MR) is 61.2 cm³/mol. The first kappa shape index (κ1) is 10.0. The van der Waals surface area contributed by atoms with E-state index in [0.29, 0.717) is 6.04 Å². The number of anilines is 1. The van der Waals surface area contributed by atoms with Gasteiger partial charge in [-0.2, -0.15) is 0 Å². The fourth-order valence-electron chi connectivity index (χ4n) is 1.56. The van der Waals surface area contributed by atoms with E-state index in [9.17, 15) is 4.79 Å².